The Kier molecular flexibility index (Phi) is 10.1. The van der Waals surface area contributed by atoms with Crippen molar-refractivity contribution in [3.8, 4) is 5.75 Å². The minimum Gasteiger partial charge on any atom is -0.487 e. The zero-order chi connectivity index (χ0) is 31.5. The van der Waals surface area contributed by atoms with Gasteiger partial charge in [0.25, 0.3) is 5.91 Å². The molecular weight excluding hydrogens is 602 g/mol. The highest BCUT2D eigenvalue weighted by atomic mass is 35.5. The maximum absolute atomic E-state index is 13.2. The number of hydrogen-bond acceptors (Lipinski definition) is 7. The van der Waals surface area contributed by atoms with E-state index in [9.17, 15) is 23.4 Å². The van der Waals surface area contributed by atoms with E-state index in [2.05, 4.69) is 18.1 Å². The minimum absolute atomic E-state index is 0.104. The number of carbonyl (C=O) groups excluding carboxylic acids is 1. The number of nitrogens with one attached hydrogen (secondary N) is 1. The largest absolute Gasteiger partial charge is 0.487 e. The lowest BCUT2D eigenvalue weighted by Gasteiger charge is -2.43. The minimum atomic E-state index is -4.08. The molecule has 3 N–H and O–H groups in total. The van der Waals surface area contributed by atoms with Gasteiger partial charge in [0.2, 0.25) is 0 Å². The number of aryl methyl sites for hydroxylation is 1. The molecule has 2 heterocycles. The number of aliphatic hydroxyl groups excluding tert-OH is 1. The first kappa shape index (κ1) is 32.5. The molecule has 2 fully saturated rings. The predicted octanol–water partition coefficient (Wildman–Crippen LogP) is 4.47. The molecule has 0 radical (unpaired) electrons. The standard InChI is InChI=1S/C33H42ClN3O6S/c1-3-5-7-17-37-22-33(40,32(39)35-44(37,41)42)26-12-15-31-29(19-26)36(20-24-11-14-28(24)30(38)4-2)16-8-6-9-23-18-27(34)13-10-25(23)21-43-31/h3-4,10,12-13,15,18-19,24,28,30,38,40H,1-2,5-9,11,14,16-17,20-22H2,(H,35,39)/t24-,28+,30-,33+/m0/s1. The SMILES string of the molecule is C=CCCCN1C[C@@](O)(c2ccc3c(c2)N(C[C@@H]2CC[C@H]2[C@@H](O)C=C)CCCCc2cc(Cl)ccc2CO3)C(=O)NS1(=O)=O. The third-order valence-corrected chi connectivity index (χ3v) is 10.9. The second-order valence-corrected chi connectivity index (χ2v) is 14.2. The van der Waals surface area contributed by atoms with Crippen LogP contribution < -0.4 is 14.4 Å². The number of ether oxygens (including phenoxy) is 1. The van der Waals surface area contributed by atoms with Crippen LogP contribution in [0.5, 0.6) is 5.75 Å². The van der Waals surface area contributed by atoms with E-state index in [0.29, 0.717) is 49.0 Å². The Morgan fingerprint density at radius 2 is 1.98 bits per heavy atom. The lowest BCUT2D eigenvalue weighted by molar-refractivity contribution is -0.141. The quantitative estimate of drug-likeness (QED) is 0.273. The number of carbonyl (C=O) groups is 1. The first-order chi connectivity index (χ1) is 21.1. The lowest BCUT2D eigenvalue weighted by atomic mass is 9.70. The summed E-state index contributed by atoms with van der Waals surface area (Å²) in [7, 11) is -4.08. The van der Waals surface area contributed by atoms with Gasteiger partial charge in [0, 0.05) is 24.7 Å². The van der Waals surface area contributed by atoms with Gasteiger partial charge in [0.1, 0.15) is 12.4 Å². The number of aliphatic hydroxyl groups is 2. The fourth-order valence-electron chi connectivity index (χ4n) is 6.44. The van der Waals surface area contributed by atoms with Gasteiger partial charge in [-0.05, 0) is 97.7 Å². The monoisotopic (exact) mass is 643 g/mol. The van der Waals surface area contributed by atoms with E-state index < -0.39 is 34.4 Å². The third kappa shape index (κ3) is 6.84. The molecule has 2 aromatic rings. The van der Waals surface area contributed by atoms with Gasteiger partial charge in [-0.15, -0.1) is 13.2 Å². The molecule has 2 aliphatic heterocycles. The maximum atomic E-state index is 13.2. The number of rotatable bonds is 9. The molecule has 11 heteroatoms. The summed E-state index contributed by atoms with van der Waals surface area (Å²) in [5, 5.41) is 23.0. The highest BCUT2D eigenvalue weighted by Gasteiger charge is 2.49. The summed E-state index contributed by atoms with van der Waals surface area (Å²) in [5.74, 6) is -0.0630. The summed E-state index contributed by atoms with van der Waals surface area (Å²) < 4.78 is 35.1. The van der Waals surface area contributed by atoms with Crippen molar-refractivity contribution in [2.24, 2.45) is 11.8 Å². The molecule has 238 valence electrons. The normalized spacial score (nSPS) is 26.1. The Morgan fingerprint density at radius 3 is 2.70 bits per heavy atom. The fraction of sp³-hybridized carbons (Fsp3) is 0.485. The molecule has 0 unspecified atom stereocenters. The third-order valence-electron chi connectivity index (χ3n) is 9.22. The smallest absolute Gasteiger partial charge is 0.304 e. The number of β-amino-alcohol motifs (C(OH)–C–C–N with tert-alkyl or cyclic N) is 1. The number of unbranched alkanes of at least 4 members (excludes halogenated alkanes) is 1. The molecule has 1 saturated carbocycles. The summed E-state index contributed by atoms with van der Waals surface area (Å²) in [5.41, 5.74) is 1.07. The van der Waals surface area contributed by atoms with Crippen LogP contribution in [0.25, 0.3) is 0 Å². The number of anilines is 1. The Hall–Kier alpha value is -2.89. The van der Waals surface area contributed by atoms with Crippen LogP contribution in [0.15, 0.2) is 61.7 Å². The van der Waals surface area contributed by atoms with Crippen LogP contribution in [-0.2, 0) is 33.6 Å². The van der Waals surface area contributed by atoms with Crippen molar-refractivity contribution in [3.05, 3.63) is 83.4 Å². The van der Waals surface area contributed by atoms with E-state index in [1.807, 2.05) is 22.9 Å². The van der Waals surface area contributed by atoms with Crippen molar-refractivity contribution in [1.82, 2.24) is 9.03 Å². The van der Waals surface area contributed by atoms with Crippen molar-refractivity contribution in [2.45, 2.75) is 63.3 Å². The molecule has 0 aromatic heterocycles. The fourth-order valence-corrected chi connectivity index (χ4v) is 7.89. The van der Waals surface area contributed by atoms with Crippen molar-refractivity contribution in [1.29, 1.82) is 0 Å². The maximum Gasteiger partial charge on any atom is 0.304 e. The molecule has 1 aliphatic carbocycles. The van der Waals surface area contributed by atoms with E-state index in [4.69, 9.17) is 16.3 Å². The van der Waals surface area contributed by atoms with Gasteiger partial charge in [-0.2, -0.15) is 12.7 Å². The molecule has 2 aromatic carbocycles. The van der Waals surface area contributed by atoms with E-state index in [1.54, 1.807) is 30.4 Å². The van der Waals surface area contributed by atoms with Gasteiger partial charge < -0.3 is 19.8 Å². The van der Waals surface area contributed by atoms with Crippen LogP contribution in [0.1, 0.15) is 55.2 Å². The van der Waals surface area contributed by atoms with Crippen molar-refractivity contribution in [2.75, 3.05) is 31.1 Å². The molecule has 44 heavy (non-hydrogen) atoms. The van der Waals surface area contributed by atoms with Crippen LogP contribution in [0.3, 0.4) is 0 Å². The van der Waals surface area contributed by atoms with E-state index >= 15 is 0 Å². The summed E-state index contributed by atoms with van der Waals surface area (Å²) in [4.78, 5) is 15.4. The molecule has 1 amide bonds. The number of nitrogens with zero attached hydrogens (tertiary/aromatic N) is 2. The van der Waals surface area contributed by atoms with Crippen LogP contribution in [0.4, 0.5) is 5.69 Å². The van der Waals surface area contributed by atoms with Crippen LogP contribution in [0, 0.1) is 11.8 Å². The van der Waals surface area contributed by atoms with E-state index in [-0.39, 0.29) is 23.9 Å². The zero-order valence-electron chi connectivity index (χ0n) is 25.0. The van der Waals surface area contributed by atoms with Gasteiger partial charge in [-0.3, -0.25) is 4.79 Å². The number of fused-ring (bicyclic) bond motifs is 2. The van der Waals surface area contributed by atoms with Gasteiger partial charge in [-0.25, -0.2) is 4.72 Å². The van der Waals surface area contributed by atoms with Gasteiger partial charge in [0.05, 0.1) is 18.3 Å². The van der Waals surface area contributed by atoms with E-state index in [0.717, 1.165) is 47.5 Å². The molecule has 0 spiro atoms. The second-order valence-electron chi connectivity index (χ2n) is 12.1. The summed E-state index contributed by atoms with van der Waals surface area (Å²) in [6.07, 6.45) is 8.35. The highest BCUT2D eigenvalue weighted by Crippen LogP contribution is 2.42. The number of benzene rings is 2. The first-order valence-electron chi connectivity index (χ1n) is 15.3. The average molecular weight is 644 g/mol. The van der Waals surface area contributed by atoms with Crippen LogP contribution in [-0.4, -0.2) is 61.1 Å². The van der Waals surface area contributed by atoms with Crippen molar-refractivity contribution < 1.29 is 28.2 Å². The number of hydrogen-bond donors (Lipinski definition) is 3. The molecule has 1 saturated heterocycles. The molecule has 4 atom stereocenters. The average Bonchev–Trinajstić information content (AvgIpc) is 3.01. The zero-order valence-corrected chi connectivity index (χ0v) is 26.5. The molecular formula is C33H42ClN3O6S. The summed E-state index contributed by atoms with van der Waals surface area (Å²) in [6.45, 7) is 8.85. The van der Waals surface area contributed by atoms with E-state index in [1.165, 1.54) is 0 Å². The summed E-state index contributed by atoms with van der Waals surface area (Å²) in [6, 6.07) is 11.0. The molecule has 0 bridgehead atoms. The van der Waals surface area contributed by atoms with Gasteiger partial charge >= 0.3 is 10.2 Å². The number of halogens is 1. The lowest BCUT2D eigenvalue weighted by Crippen LogP contribution is -2.62. The van der Waals surface area contributed by atoms with Crippen molar-refractivity contribution >= 4 is 33.4 Å². The topological polar surface area (TPSA) is 119 Å². The molecule has 3 aliphatic rings. The van der Waals surface area contributed by atoms with Gasteiger partial charge in [-0.1, -0.05) is 35.9 Å². The number of allylic oxidation sites excluding steroid dienone is 1. The number of amides is 1. The van der Waals surface area contributed by atoms with Crippen LogP contribution >= 0.6 is 11.6 Å². The Morgan fingerprint density at radius 1 is 1.16 bits per heavy atom. The Bertz CT molecular complexity index is 1500. The van der Waals surface area contributed by atoms with Crippen molar-refractivity contribution in [3.63, 3.8) is 0 Å². The molecule has 5 rings (SSSR count). The Labute approximate surface area is 265 Å². The summed E-state index contributed by atoms with van der Waals surface area (Å²) >= 11 is 6.31. The first-order valence-corrected chi connectivity index (χ1v) is 17.1. The Balaban J connectivity index is 1.52. The second kappa shape index (κ2) is 13.6. The molecule has 9 nitrogen and oxygen atoms in total. The predicted molar refractivity (Wildman–Crippen MR) is 172 cm³/mol. The van der Waals surface area contributed by atoms with Crippen LogP contribution in [0.2, 0.25) is 5.02 Å². The highest BCUT2D eigenvalue weighted by molar-refractivity contribution is 7.87. The van der Waals surface area contributed by atoms with Gasteiger partial charge in [0.15, 0.2) is 5.60 Å².